The summed E-state index contributed by atoms with van der Waals surface area (Å²) in [5.74, 6) is -1.01. The van der Waals surface area contributed by atoms with E-state index in [2.05, 4.69) is 5.32 Å². The van der Waals surface area contributed by atoms with Gasteiger partial charge in [-0.25, -0.2) is 8.78 Å². The molecule has 1 aliphatic carbocycles. The second-order valence-corrected chi connectivity index (χ2v) is 5.16. The zero-order valence-corrected chi connectivity index (χ0v) is 11.0. The Morgan fingerprint density at radius 2 is 2.14 bits per heavy atom. The Kier molecular flexibility index (Phi) is 4.06. The number of halogens is 2. The van der Waals surface area contributed by atoms with Crippen molar-refractivity contribution < 1.29 is 23.6 Å². The molecule has 0 aliphatic heterocycles. The van der Waals surface area contributed by atoms with Crippen molar-refractivity contribution in [2.75, 3.05) is 5.32 Å². The monoisotopic (exact) mass is 300 g/mol. The van der Waals surface area contributed by atoms with Gasteiger partial charge < -0.3 is 10.4 Å². The first-order valence-corrected chi connectivity index (χ1v) is 6.39. The number of nitro benzene ring substituents is 1. The fourth-order valence-electron chi connectivity index (χ4n) is 2.48. The summed E-state index contributed by atoms with van der Waals surface area (Å²) in [6, 6.07) is 3.16. The molecule has 2 rings (SSSR count). The van der Waals surface area contributed by atoms with Gasteiger partial charge in [-0.1, -0.05) is 0 Å². The van der Waals surface area contributed by atoms with E-state index in [9.17, 15) is 23.7 Å². The van der Waals surface area contributed by atoms with Crippen molar-refractivity contribution in [2.24, 2.45) is 0 Å². The molecule has 0 saturated heterocycles. The average molecular weight is 300 g/mol. The maximum Gasteiger partial charge on any atom is 0.305 e. The molecule has 1 aliphatic rings. The Labute approximate surface area is 118 Å². The zero-order chi connectivity index (χ0) is 15.6. The Morgan fingerprint density at radius 1 is 1.48 bits per heavy atom. The lowest BCUT2D eigenvalue weighted by Gasteiger charge is -2.42. The zero-order valence-electron chi connectivity index (χ0n) is 11.0. The number of rotatable bonds is 6. The maximum absolute atomic E-state index is 13.1. The third-order valence-corrected chi connectivity index (χ3v) is 3.68. The first-order valence-electron chi connectivity index (χ1n) is 6.39. The summed E-state index contributed by atoms with van der Waals surface area (Å²) in [5, 5.41) is 22.4. The molecule has 1 fully saturated rings. The van der Waals surface area contributed by atoms with Crippen LogP contribution in [-0.4, -0.2) is 21.5 Å². The predicted molar refractivity (Wildman–Crippen MR) is 70.5 cm³/mol. The van der Waals surface area contributed by atoms with Crippen LogP contribution in [0, 0.1) is 10.1 Å². The number of nitrogens with zero attached hydrogens (tertiary/aromatic N) is 1. The molecular formula is C13H14F2N2O4. The van der Waals surface area contributed by atoms with E-state index >= 15 is 0 Å². The molecule has 0 heterocycles. The van der Waals surface area contributed by atoms with E-state index < -0.39 is 34.1 Å². The van der Waals surface area contributed by atoms with E-state index in [0.717, 1.165) is 18.6 Å². The van der Waals surface area contributed by atoms with Gasteiger partial charge in [0.25, 0.3) is 12.1 Å². The van der Waals surface area contributed by atoms with Crippen LogP contribution < -0.4 is 5.32 Å². The highest BCUT2D eigenvalue weighted by Gasteiger charge is 2.39. The van der Waals surface area contributed by atoms with Crippen LogP contribution >= 0.6 is 0 Å². The molecule has 0 aromatic heterocycles. The van der Waals surface area contributed by atoms with E-state index in [1.807, 2.05) is 0 Å². The number of carbonyl (C=O) groups is 1. The standard InChI is InChI=1S/C13H14F2N2O4/c14-12(15)9-6-8(17(20)21)2-3-10(9)16-13(4-1-5-13)7-11(18)19/h2-3,6,12,16H,1,4-5,7H2,(H,18,19). The molecule has 1 aromatic rings. The van der Waals surface area contributed by atoms with Gasteiger partial charge in [-0.05, 0) is 25.3 Å². The van der Waals surface area contributed by atoms with Crippen molar-refractivity contribution >= 4 is 17.3 Å². The summed E-state index contributed by atoms with van der Waals surface area (Å²) in [6.07, 6.45) is -1.10. The number of benzene rings is 1. The van der Waals surface area contributed by atoms with Crippen molar-refractivity contribution in [1.82, 2.24) is 0 Å². The molecule has 0 radical (unpaired) electrons. The smallest absolute Gasteiger partial charge is 0.305 e. The first-order chi connectivity index (χ1) is 9.83. The number of nitrogens with one attached hydrogen (secondary N) is 1. The summed E-state index contributed by atoms with van der Waals surface area (Å²) in [4.78, 5) is 20.8. The van der Waals surface area contributed by atoms with E-state index in [-0.39, 0.29) is 12.1 Å². The molecule has 0 bridgehead atoms. The maximum atomic E-state index is 13.1. The quantitative estimate of drug-likeness (QED) is 0.621. The Bertz CT molecular complexity index is 573. The summed E-state index contributed by atoms with van der Waals surface area (Å²) in [7, 11) is 0. The largest absolute Gasteiger partial charge is 0.481 e. The van der Waals surface area contributed by atoms with Crippen LogP contribution in [0.3, 0.4) is 0 Å². The topological polar surface area (TPSA) is 92.5 Å². The minimum atomic E-state index is -2.88. The van der Waals surface area contributed by atoms with Crippen LogP contribution in [0.25, 0.3) is 0 Å². The molecule has 0 spiro atoms. The third-order valence-electron chi connectivity index (χ3n) is 3.68. The lowest BCUT2D eigenvalue weighted by Crippen LogP contribution is -2.47. The molecular weight excluding hydrogens is 286 g/mol. The average Bonchev–Trinajstić information content (AvgIpc) is 2.35. The highest BCUT2D eigenvalue weighted by Crippen LogP contribution is 2.41. The lowest BCUT2D eigenvalue weighted by atomic mass is 9.74. The van der Waals surface area contributed by atoms with Gasteiger partial charge in [0.2, 0.25) is 0 Å². The third kappa shape index (κ3) is 3.26. The van der Waals surface area contributed by atoms with Gasteiger partial charge in [0.1, 0.15) is 0 Å². The van der Waals surface area contributed by atoms with Crippen molar-refractivity contribution in [3.63, 3.8) is 0 Å². The fourth-order valence-corrected chi connectivity index (χ4v) is 2.48. The van der Waals surface area contributed by atoms with Gasteiger partial charge in [0.15, 0.2) is 0 Å². The molecule has 1 saturated carbocycles. The Morgan fingerprint density at radius 3 is 2.57 bits per heavy atom. The molecule has 1 aromatic carbocycles. The van der Waals surface area contributed by atoms with Gasteiger partial charge >= 0.3 is 5.97 Å². The highest BCUT2D eigenvalue weighted by molar-refractivity contribution is 5.70. The molecule has 2 N–H and O–H groups in total. The molecule has 0 amide bonds. The van der Waals surface area contributed by atoms with Gasteiger partial charge in [0, 0.05) is 28.9 Å². The molecule has 21 heavy (non-hydrogen) atoms. The molecule has 0 atom stereocenters. The number of carboxylic acid groups (broad SMARTS) is 1. The van der Waals surface area contributed by atoms with Gasteiger partial charge in [0.05, 0.1) is 11.3 Å². The number of alkyl halides is 2. The van der Waals surface area contributed by atoms with Crippen LogP contribution in [0.15, 0.2) is 18.2 Å². The number of aliphatic carboxylic acids is 1. The normalized spacial score (nSPS) is 16.3. The summed E-state index contributed by atoms with van der Waals surface area (Å²) in [6.45, 7) is 0. The molecule has 114 valence electrons. The van der Waals surface area contributed by atoms with Gasteiger partial charge in [-0.2, -0.15) is 0 Å². The number of non-ortho nitro benzene ring substituents is 1. The molecule has 6 nitrogen and oxygen atoms in total. The van der Waals surface area contributed by atoms with Crippen LogP contribution in [0.4, 0.5) is 20.2 Å². The van der Waals surface area contributed by atoms with E-state index in [4.69, 9.17) is 5.11 Å². The SMILES string of the molecule is O=C(O)CC1(Nc2ccc([N+](=O)[O-])cc2C(F)F)CCC1. The lowest BCUT2D eigenvalue weighted by molar-refractivity contribution is -0.385. The predicted octanol–water partition coefficient (Wildman–Crippen LogP) is 3.34. The number of carboxylic acids is 1. The van der Waals surface area contributed by atoms with Crippen molar-refractivity contribution in [2.45, 2.75) is 37.6 Å². The van der Waals surface area contributed by atoms with E-state index in [0.29, 0.717) is 12.8 Å². The fraction of sp³-hybridized carbons (Fsp3) is 0.462. The second-order valence-electron chi connectivity index (χ2n) is 5.16. The van der Waals surface area contributed by atoms with Crippen molar-refractivity contribution in [1.29, 1.82) is 0 Å². The first kappa shape index (κ1) is 15.1. The number of anilines is 1. The molecule has 0 unspecified atom stereocenters. The number of hydrogen-bond acceptors (Lipinski definition) is 4. The summed E-state index contributed by atoms with van der Waals surface area (Å²) >= 11 is 0. The van der Waals surface area contributed by atoms with Crippen molar-refractivity contribution in [3.8, 4) is 0 Å². The van der Waals surface area contributed by atoms with Crippen LogP contribution in [-0.2, 0) is 4.79 Å². The van der Waals surface area contributed by atoms with Gasteiger partial charge in [-0.3, -0.25) is 14.9 Å². The highest BCUT2D eigenvalue weighted by atomic mass is 19.3. The number of nitro groups is 1. The molecule has 8 heteroatoms. The van der Waals surface area contributed by atoms with Crippen LogP contribution in [0.1, 0.15) is 37.7 Å². The Balaban J connectivity index is 2.30. The van der Waals surface area contributed by atoms with Crippen molar-refractivity contribution in [3.05, 3.63) is 33.9 Å². The number of hydrogen-bond donors (Lipinski definition) is 2. The van der Waals surface area contributed by atoms with Crippen LogP contribution in [0.5, 0.6) is 0 Å². The van der Waals surface area contributed by atoms with Gasteiger partial charge in [-0.15, -0.1) is 0 Å². The minimum absolute atomic E-state index is 0.0524. The second kappa shape index (κ2) is 5.63. The van der Waals surface area contributed by atoms with Crippen LogP contribution in [0.2, 0.25) is 0 Å². The Hall–Kier alpha value is -2.25. The van der Waals surface area contributed by atoms with E-state index in [1.165, 1.54) is 6.07 Å². The summed E-state index contributed by atoms with van der Waals surface area (Å²) in [5.41, 5.74) is -1.60. The minimum Gasteiger partial charge on any atom is -0.481 e. The van der Waals surface area contributed by atoms with E-state index in [1.54, 1.807) is 0 Å². The summed E-state index contributed by atoms with van der Waals surface area (Å²) < 4.78 is 26.1.